The van der Waals surface area contributed by atoms with E-state index >= 15 is 0 Å². The van der Waals surface area contributed by atoms with E-state index in [0.717, 1.165) is 5.01 Å². The number of hydrogen-bond donors (Lipinski definition) is 1. The normalized spacial score (nSPS) is 30.0. The van der Waals surface area contributed by atoms with Crippen molar-refractivity contribution in [3.05, 3.63) is 42.0 Å². The van der Waals surface area contributed by atoms with Gasteiger partial charge in [0, 0.05) is 5.56 Å². The van der Waals surface area contributed by atoms with E-state index < -0.39 is 29.6 Å². The van der Waals surface area contributed by atoms with Gasteiger partial charge in [0.05, 0.1) is 30.7 Å². The molecule has 2 saturated heterocycles. The Hall–Kier alpha value is -2.67. The molecule has 1 aromatic carbocycles. The monoisotopic (exact) mass is 328 g/mol. The van der Waals surface area contributed by atoms with Crippen molar-refractivity contribution >= 4 is 17.7 Å². The van der Waals surface area contributed by atoms with Gasteiger partial charge in [0.1, 0.15) is 5.75 Å². The van der Waals surface area contributed by atoms with Crippen molar-refractivity contribution in [2.45, 2.75) is 19.1 Å². The molecule has 0 aromatic heterocycles. The molecule has 3 aliphatic rings. The summed E-state index contributed by atoms with van der Waals surface area (Å²) in [6.07, 6.45) is 2.86. The number of imide groups is 1. The Bertz CT molecular complexity index is 712. The Morgan fingerprint density at radius 3 is 2.25 bits per heavy atom. The number of carbonyl (C=O) groups excluding carboxylic acids is 3. The van der Waals surface area contributed by atoms with Gasteiger partial charge in [-0.05, 0) is 31.2 Å². The predicted molar refractivity (Wildman–Crippen MR) is 81.7 cm³/mol. The topological polar surface area (TPSA) is 84.9 Å². The Morgan fingerprint density at radius 2 is 1.71 bits per heavy atom. The van der Waals surface area contributed by atoms with Crippen LogP contribution in [0.3, 0.4) is 0 Å². The van der Waals surface area contributed by atoms with E-state index in [4.69, 9.17) is 9.47 Å². The minimum atomic E-state index is -0.534. The van der Waals surface area contributed by atoms with Gasteiger partial charge in [-0.1, -0.05) is 12.2 Å². The van der Waals surface area contributed by atoms with Gasteiger partial charge in [-0.3, -0.25) is 19.8 Å². The third-order valence-electron chi connectivity index (χ3n) is 4.55. The van der Waals surface area contributed by atoms with Crippen molar-refractivity contribution in [3.8, 4) is 5.75 Å². The molecule has 4 rings (SSSR count). The van der Waals surface area contributed by atoms with E-state index in [0.29, 0.717) is 17.9 Å². The van der Waals surface area contributed by atoms with Gasteiger partial charge in [0.2, 0.25) is 0 Å². The second-order valence-corrected chi connectivity index (χ2v) is 5.91. The summed E-state index contributed by atoms with van der Waals surface area (Å²) in [5.74, 6) is -1.76. The molecule has 0 unspecified atom stereocenters. The number of hydrogen-bond acceptors (Lipinski definition) is 5. The summed E-state index contributed by atoms with van der Waals surface area (Å²) < 4.78 is 10.9. The van der Waals surface area contributed by atoms with Gasteiger partial charge >= 0.3 is 0 Å². The second kappa shape index (κ2) is 5.45. The van der Waals surface area contributed by atoms with Gasteiger partial charge in [-0.25, -0.2) is 0 Å². The van der Waals surface area contributed by atoms with Crippen LogP contribution in [0.15, 0.2) is 36.4 Å². The van der Waals surface area contributed by atoms with Crippen LogP contribution in [0.2, 0.25) is 0 Å². The van der Waals surface area contributed by atoms with E-state index in [1.54, 1.807) is 36.4 Å². The molecule has 7 nitrogen and oxygen atoms in total. The average molecular weight is 328 g/mol. The minimum absolute atomic E-state index is 0.341. The first kappa shape index (κ1) is 14.9. The first-order chi connectivity index (χ1) is 11.6. The number of fused-ring (bicyclic) bond motifs is 5. The van der Waals surface area contributed by atoms with E-state index in [9.17, 15) is 14.4 Å². The molecule has 4 atom stereocenters. The fourth-order valence-electron chi connectivity index (χ4n) is 3.45. The van der Waals surface area contributed by atoms with Crippen molar-refractivity contribution in [2.24, 2.45) is 11.8 Å². The van der Waals surface area contributed by atoms with Crippen LogP contribution in [-0.2, 0) is 14.3 Å². The van der Waals surface area contributed by atoms with Crippen molar-refractivity contribution in [3.63, 3.8) is 0 Å². The zero-order chi connectivity index (χ0) is 16.8. The zero-order valence-electron chi connectivity index (χ0n) is 13.0. The lowest BCUT2D eigenvalue weighted by atomic mass is 9.85. The highest BCUT2D eigenvalue weighted by molar-refractivity contribution is 6.09. The largest absolute Gasteiger partial charge is 0.494 e. The molecule has 0 aliphatic carbocycles. The number of hydrazine groups is 1. The first-order valence-corrected chi connectivity index (χ1v) is 7.85. The third kappa shape index (κ3) is 2.12. The quantitative estimate of drug-likeness (QED) is 0.649. The molecule has 124 valence electrons. The molecule has 3 aliphatic heterocycles. The lowest BCUT2D eigenvalue weighted by molar-refractivity contribution is -0.145. The molecular formula is C17H16N2O5. The lowest BCUT2D eigenvalue weighted by Gasteiger charge is -2.18. The van der Waals surface area contributed by atoms with Crippen molar-refractivity contribution in [1.82, 2.24) is 10.4 Å². The molecule has 3 amide bonds. The number of nitrogens with zero attached hydrogens (tertiary/aromatic N) is 1. The van der Waals surface area contributed by atoms with Gasteiger partial charge < -0.3 is 9.47 Å². The minimum Gasteiger partial charge on any atom is -0.494 e. The maximum atomic E-state index is 12.4. The van der Waals surface area contributed by atoms with Crippen molar-refractivity contribution in [2.75, 3.05) is 6.61 Å². The van der Waals surface area contributed by atoms with Crippen LogP contribution < -0.4 is 10.2 Å². The molecule has 2 bridgehead atoms. The lowest BCUT2D eigenvalue weighted by Crippen LogP contribution is -2.47. The number of amides is 3. The Morgan fingerprint density at radius 1 is 1.12 bits per heavy atom. The molecule has 0 radical (unpaired) electrons. The summed E-state index contributed by atoms with van der Waals surface area (Å²) in [5.41, 5.74) is 2.76. The fourth-order valence-corrected chi connectivity index (χ4v) is 3.45. The fraction of sp³-hybridized carbons (Fsp3) is 0.353. The molecule has 7 heteroatoms. The molecule has 3 heterocycles. The van der Waals surface area contributed by atoms with Crippen LogP contribution in [0.1, 0.15) is 17.3 Å². The van der Waals surface area contributed by atoms with Crippen LogP contribution in [0, 0.1) is 11.8 Å². The van der Waals surface area contributed by atoms with Crippen LogP contribution in [-0.4, -0.2) is 41.5 Å². The number of nitrogens with one attached hydrogen (secondary N) is 1. The smallest absolute Gasteiger partial charge is 0.270 e. The molecule has 0 saturated carbocycles. The summed E-state index contributed by atoms with van der Waals surface area (Å²) >= 11 is 0. The molecule has 2 fully saturated rings. The maximum Gasteiger partial charge on any atom is 0.270 e. The standard InChI is InChI=1S/C17H16N2O5/c1-2-23-10-5-3-9(4-6-10)15(20)18-19-16(21)13-11-7-8-12(24-11)14(13)17(19)22/h3-8,11-14H,2H2,1H3,(H,18,20)/t11-,12-,13-,14-/m1/s1. The number of ether oxygens (including phenoxy) is 2. The van der Waals surface area contributed by atoms with Gasteiger partial charge in [-0.15, -0.1) is 0 Å². The summed E-state index contributed by atoms with van der Waals surface area (Å²) in [5, 5.41) is 0.837. The Kier molecular flexibility index (Phi) is 3.38. The average Bonchev–Trinajstić information content (AvgIpc) is 3.26. The van der Waals surface area contributed by atoms with E-state index in [2.05, 4.69) is 5.43 Å². The van der Waals surface area contributed by atoms with Crippen LogP contribution in [0.25, 0.3) is 0 Å². The molecule has 0 spiro atoms. The van der Waals surface area contributed by atoms with Crippen LogP contribution >= 0.6 is 0 Å². The van der Waals surface area contributed by atoms with Crippen LogP contribution in [0.5, 0.6) is 5.75 Å². The number of carbonyl (C=O) groups is 3. The summed E-state index contributed by atoms with van der Waals surface area (Å²) in [6, 6.07) is 6.50. The first-order valence-electron chi connectivity index (χ1n) is 7.85. The molecule has 1 aromatic rings. The molecular weight excluding hydrogens is 312 g/mol. The highest BCUT2D eigenvalue weighted by atomic mass is 16.5. The summed E-state index contributed by atoms with van der Waals surface area (Å²) in [7, 11) is 0. The van der Waals surface area contributed by atoms with E-state index in [1.165, 1.54) is 0 Å². The second-order valence-electron chi connectivity index (χ2n) is 5.91. The highest BCUT2D eigenvalue weighted by Gasteiger charge is 2.61. The third-order valence-corrected chi connectivity index (χ3v) is 4.55. The van der Waals surface area contributed by atoms with E-state index in [-0.39, 0.29) is 12.2 Å². The predicted octanol–water partition coefficient (Wildman–Crippen LogP) is 0.668. The summed E-state index contributed by atoms with van der Waals surface area (Å²) in [4.78, 5) is 37.2. The van der Waals surface area contributed by atoms with Crippen molar-refractivity contribution < 1.29 is 23.9 Å². The molecule has 24 heavy (non-hydrogen) atoms. The van der Waals surface area contributed by atoms with Crippen molar-refractivity contribution in [1.29, 1.82) is 0 Å². The number of benzene rings is 1. The maximum absolute atomic E-state index is 12.4. The SMILES string of the molecule is CCOc1ccc(C(=O)NN2C(=O)[C@H]3[C@H](C2=O)[C@H]2C=C[C@H]3O2)cc1. The summed E-state index contributed by atoms with van der Waals surface area (Å²) in [6.45, 7) is 2.40. The van der Waals surface area contributed by atoms with Gasteiger partial charge in [0.15, 0.2) is 0 Å². The highest BCUT2D eigenvalue weighted by Crippen LogP contribution is 2.44. The number of rotatable bonds is 4. The van der Waals surface area contributed by atoms with E-state index in [1.807, 2.05) is 6.92 Å². The van der Waals surface area contributed by atoms with Crippen LogP contribution in [0.4, 0.5) is 0 Å². The Labute approximate surface area is 138 Å². The Balaban J connectivity index is 1.48. The van der Waals surface area contributed by atoms with Gasteiger partial charge in [0.25, 0.3) is 17.7 Å². The molecule has 1 N–H and O–H groups in total. The zero-order valence-corrected chi connectivity index (χ0v) is 13.0. The van der Waals surface area contributed by atoms with Gasteiger partial charge in [-0.2, -0.15) is 5.01 Å².